The van der Waals surface area contributed by atoms with Gasteiger partial charge in [-0.15, -0.1) is 0 Å². The lowest BCUT2D eigenvalue weighted by Gasteiger charge is -2.22. The fourth-order valence-corrected chi connectivity index (χ4v) is 1.90. The average Bonchev–Trinajstić information content (AvgIpc) is 2.49. The third-order valence-electron chi connectivity index (χ3n) is 2.94. The van der Waals surface area contributed by atoms with Crippen LogP contribution in [0.5, 0.6) is 0 Å². The van der Waals surface area contributed by atoms with Gasteiger partial charge in [-0.3, -0.25) is 10.3 Å². The second-order valence-electron chi connectivity index (χ2n) is 4.46. The minimum atomic E-state index is -0.0605. The molecule has 1 aliphatic rings. The number of ether oxygens (including phenoxy) is 2. The molecular formula is C15H21NO3. The van der Waals surface area contributed by atoms with Gasteiger partial charge in [-0.25, -0.2) is 0 Å². The van der Waals surface area contributed by atoms with Gasteiger partial charge in [0.1, 0.15) is 0 Å². The summed E-state index contributed by atoms with van der Waals surface area (Å²) in [6.45, 7) is 5.69. The van der Waals surface area contributed by atoms with Gasteiger partial charge in [-0.1, -0.05) is 36.9 Å². The number of hydroxylamine groups is 1. The zero-order valence-electron chi connectivity index (χ0n) is 11.1. The van der Waals surface area contributed by atoms with Crippen molar-refractivity contribution in [1.82, 2.24) is 5.48 Å². The normalized spacial score (nSPS) is 19.1. The summed E-state index contributed by atoms with van der Waals surface area (Å²) in [5, 5.41) is 0. The standard InChI is InChI=1S/C15H21NO3/c1-13(14-7-3-2-4-8-14)16-19-12-11-18-15-9-5-6-10-17-15/h2-4,7-8,15-16H,1,5-6,9-12H2. The molecule has 1 aromatic carbocycles. The Morgan fingerprint density at radius 2 is 2.11 bits per heavy atom. The van der Waals surface area contributed by atoms with E-state index < -0.39 is 0 Å². The summed E-state index contributed by atoms with van der Waals surface area (Å²) in [6.07, 6.45) is 3.22. The van der Waals surface area contributed by atoms with E-state index in [2.05, 4.69) is 12.1 Å². The molecule has 2 rings (SSSR count). The number of hydrogen-bond donors (Lipinski definition) is 1. The lowest BCUT2D eigenvalue weighted by atomic mass is 10.2. The molecular weight excluding hydrogens is 242 g/mol. The van der Waals surface area contributed by atoms with Crippen LogP contribution in [0.15, 0.2) is 36.9 Å². The van der Waals surface area contributed by atoms with Gasteiger partial charge >= 0.3 is 0 Å². The van der Waals surface area contributed by atoms with E-state index in [1.54, 1.807) is 0 Å². The lowest BCUT2D eigenvalue weighted by Crippen LogP contribution is -2.25. The first-order valence-corrected chi connectivity index (χ1v) is 6.71. The predicted octanol–water partition coefficient (Wildman–Crippen LogP) is 2.72. The van der Waals surface area contributed by atoms with Crippen molar-refractivity contribution < 1.29 is 14.3 Å². The molecule has 0 aromatic heterocycles. The second kappa shape index (κ2) is 7.94. The summed E-state index contributed by atoms with van der Waals surface area (Å²) >= 11 is 0. The van der Waals surface area contributed by atoms with E-state index in [-0.39, 0.29) is 6.29 Å². The van der Waals surface area contributed by atoms with Crippen LogP contribution in [0.3, 0.4) is 0 Å². The number of benzene rings is 1. The van der Waals surface area contributed by atoms with Crippen molar-refractivity contribution >= 4 is 5.70 Å². The Morgan fingerprint density at radius 1 is 1.26 bits per heavy atom. The molecule has 1 aliphatic heterocycles. The highest BCUT2D eigenvalue weighted by atomic mass is 16.7. The van der Waals surface area contributed by atoms with Crippen molar-refractivity contribution in [1.29, 1.82) is 0 Å². The van der Waals surface area contributed by atoms with Gasteiger partial charge in [0.2, 0.25) is 0 Å². The summed E-state index contributed by atoms with van der Waals surface area (Å²) in [6, 6.07) is 9.85. The number of rotatable bonds is 7. The number of hydrogen-bond acceptors (Lipinski definition) is 4. The van der Waals surface area contributed by atoms with E-state index in [1.165, 1.54) is 6.42 Å². The topological polar surface area (TPSA) is 39.7 Å². The van der Waals surface area contributed by atoms with Crippen LogP contribution in [-0.2, 0) is 14.3 Å². The fraction of sp³-hybridized carbons (Fsp3) is 0.467. The molecule has 0 spiro atoms. The summed E-state index contributed by atoms with van der Waals surface area (Å²) < 4.78 is 11.0. The van der Waals surface area contributed by atoms with E-state index in [9.17, 15) is 0 Å². The van der Waals surface area contributed by atoms with Gasteiger partial charge in [-0.05, 0) is 24.8 Å². The van der Waals surface area contributed by atoms with E-state index in [1.807, 2.05) is 30.3 Å². The molecule has 4 nitrogen and oxygen atoms in total. The van der Waals surface area contributed by atoms with Crippen molar-refractivity contribution in [2.45, 2.75) is 25.6 Å². The van der Waals surface area contributed by atoms with E-state index in [0.29, 0.717) is 13.2 Å². The Hall–Kier alpha value is -1.36. The maximum absolute atomic E-state index is 5.55. The molecule has 0 saturated carbocycles. The molecule has 19 heavy (non-hydrogen) atoms. The molecule has 0 aliphatic carbocycles. The first kappa shape index (κ1) is 14.1. The Labute approximate surface area is 114 Å². The maximum atomic E-state index is 5.55. The third-order valence-corrected chi connectivity index (χ3v) is 2.94. The van der Waals surface area contributed by atoms with Gasteiger partial charge in [-0.2, -0.15) is 0 Å². The maximum Gasteiger partial charge on any atom is 0.157 e. The first-order valence-electron chi connectivity index (χ1n) is 6.71. The molecule has 4 heteroatoms. The zero-order valence-corrected chi connectivity index (χ0v) is 11.1. The van der Waals surface area contributed by atoms with Gasteiger partial charge in [0.05, 0.1) is 18.9 Å². The lowest BCUT2D eigenvalue weighted by molar-refractivity contribution is -0.171. The molecule has 1 unspecified atom stereocenters. The smallest absolute Gasteiger partial charge is 0.157 e. The van der Waals surface area contributed by atoms with Crippen LogP contribution >= 0.6 is 0 Å². The molecule has 0 bridgehead atoms. The molecule has 1 fully saturated rings. The monoisotopic (exact) mass is 263 g/mol. The highest BCUT2D eigenvalue weighted by Gasteiger charge is 2.13. The summed E-state index contributed by atoms with van der Waals surface area (Å²) in [5.41, 5.74) is 4.58. The predicted molar refractivity (Wildman–Crippen MR) is 74.1 cm³/mol. The molecule has 0 amide bonds. The molecule has 1 aromatic rings. The van der Waals surface area contributed by atoms with Gasteiger partial charge in [0.25, 0.3) is 0 Å². The highest BCUT2D eigenvalue weighted by Crippen LogP contribution is 2.13. The molecule has 1 atom stereocenters. The summed E-state index contributed by atoms with van der Waals surface area (Å²) in [5.74, 6) is 0. The minimum Gasteiger partial charge on any atom is -0.353 e. The van der Waals surface area contributed by atoms with Crippen molar-refractivity contribution in [2.24, 2.45) is 0 Å². The van der Waals surface area contributed by atoms with E-state index >= 15 is 0 Å². The van der Waals surface area contributed by atoms with Gasteiger partial charge in [0, 0.05) is 6.61 Å². The van der Waals surface area contributed by atoms with Crippen LogP contribution < -0.4 is 5.48 Å². The Bertz CT molecular complexity index is 374. The quantitative estimate of drug-likeness (QED) is 0.606. The van der Waals surface area contributed by atoms with Crippen LogP contribution in [0.2, 0.25) is 0 Å². The second-order valence-corrected chi connectivity index (χ2v) is 4.46. The Balaban J connectivity index is 1.55. The first-order chi connectivity index (χ1) is 9.36. The van der Waals surface area contributed by atoms with Crippen LogP contribution in [0, 0.1) is 0 Å². The average molecular weight is 263 g/mol. The van der Waals surface area contributed by atoms with E-state index in [4.69, 9.17) is 14.3 Å². The van der Waals surface area contributed by atoms with Crippen molar-refractivity contribution in [3.05, 3.63) is 42.5 Å². The van der Waals surface area contributed by atoms with Gasteiger partial charge < -0.3 is 9.47 Å². The number of nitrogens with one attached hydrogen (secondary N) is 1. The molecule has 1 heterocycles. The minimum absolute atomic E-state index is 0.0605. The van der Waals surface area contributed by atoms with Gasteiger partial charge in [0.15, 0.2) is 6.29 Å². The third kappa shape index (κ3) is 5.03. The van der Waals surface area contributed by atoms with Crippen molar-refractivity contribution in [3.63, 3.8) is 0 Å². The Kier molecular flexibility index (Phi) is 5.88. The summed E-state index contributed by atoms with van der Waals surface area (Å²) in [4.78, 5) is 5.31. The largest absolute Gasteiger partial charge is 0.353 e. The van der Waals surface area contributed by atoms with Crippen molar-refractivity contribution in [2.75, 3.05) is 19.8 Å². The Morgan fingerprint density at radius 3 is 2.84 bits per heavy atom. The van der Waals surface area contributed by atoms with E-state index in [0.717, 1.165) is 30.7 Å². The van der Waals surface area contributed by atoms with Crippen LogP contribution in [0.1, 0.15) is 24.8 Å². The summed E-state index contributed by atoms with van der Waals surface area (Å²) in [7, 11) is 0. The van der Waals surface area contributed by atoms with Crippen molar-refractivity contribution in [3.8, 4) is 0 Å². The highest BCUT2D eigenvalue weighted by molar-refractivity contribution is 5.60. The SMILES string of the molecule is C=C(NOCCOC1CCCCO1)c1ccccc1. The molecule has 104 valence electrons. The molecule has 1 N–H and O–H groups in total. The van der Waals surface area contributed by atoms with Crippen LogP contribution in [0.4, 0.5) is 0 Å². The van der Waals surface area contributed by atoms with Crippen LogP contribution in [-0.4, -0.2) is 26.1 Å². The molecule has 1 saturated heterocycles. The fourth-order valence-electron chi connectivity index (χ4n) is 1.90. The molecule has 0 radical (unpaired) electrons. The van der Waals surface area contributed by atoms with Crippen LogP contribution in [0.25, 0.3) is 5.70 Å². The zero-order chi connectivity index (χ0) is 13.3.